The highest BCUT2D eigenvalue weighted by Gasteiger charge is 2.24. The molecule has 0 aliphatic heterocycles. The molecule has 1 amide bonds. The first-order valence-corrected chi connectivity index (χ1v) is 7.21. The number of fused-ring (bicyclic) bond motifs is 1. The summed E-state index contributed by atoms with van der Waals surface area (Å²) in [7, 11) is 0. The smallest absolute Gasteiger partial charge is 0.240 e. The molecule has 1 N–H and O–H groups in total. The van der Waals surface area contributed by atoms with Gasteiger partial charge in [-0.2, -0.15) is 0 Å². The van der Waals surface area contributed by atoms with E-state index in [9.17, 15) is 9.18 Å². The molecule has 1 fully saturated rings. The van der Waals surface area contributed by atoms with Gasteiger partial charge in [0.25, 0.3) is 0 Å². The number of rotatable bonds is 5. The molecule has 20 heavy (non-hydrogen) atoms. The van der Waals surface area contributed by atoms with Crippen molar-refractivity contribution in [3.8, 4) is 0 Å². The maximum absolute atomic E-state index is 13.4. The second-order valence-corrected chi connectivity index (χ2v) is 5.41. The molecule has 0 bridgehead atoms. The van der Waals surface area contributed by atoms with Crippen molar-refractivity contribution in [2.75, 3.05) is 5.88 Å². The number of imidazole rings is 1. The molecule has 1 aliphatic rings. The molecule has 0 atom stereocenters. The molecule has 1 saturated carbocycles. The minimum Gasteiger partial charge on any atom is -0.352 e. The van der Waals surface area contributed by atoms with E-state index in [-0.39, 0.29) is 18.3 Å². The van der Waals surface area contributed by atoms with Crippen LogP contribution in [0.1, 0.15) is 18.7 Å². The summed E-state index contributed by atoms with van der Waals surface area (Å²) < 4.78 is 15.2. The average Bonchev–Trinajstić information content (AvgIpc) is 3.15. The van der Waals surface area contributed by atoms with Crippen molar-refractivity contribution in [3.63, 3.8) is 0 Å². The fourth-order valence-electron chi connectivity index (χ4n) is 2.24. The summed E-state index contributed by atoms with van der Waals surface area (Å²) in [5.74, 6) is 0.730. The van der Waals surface area contributed by atoms with Gasteiger partial charge in [0.05, 0.1) is 11.0 Å². The molecule has 106 valence electrons. The van der Waals surface area contributed by atoms with E-state index in [2.05, 4.69) is 10.3 Å². The summed E-state index contributed by atoms with van der Waals surface area (Å²) in [5.41, 5.74) is 1.32. The third-order valence-corrected chi connectivity index (χ3v) is 3.54. The molecule has 4 nitrogen and oxygen atoms in total. The summed E-state index contributed by atoms with van der Waals surface area (Å²) in [5, 5.41) is 2.93. The van der Waals surface area contributed by atoms with Crippen LogP contribution < -0.4 is 5.32 Å². The maximum atomic E-state index is 13.4. The Morgan fingerprint density at radius 3 is 3.00 bits per heavy atom. The number of nitrogens with one attached hydrogen (secondary N) is 1. The molecule has 0 radical (unpaired) electrons. The quantitative estimate of drug-likeness (QED) is 0.860. The second-order valence-electron chi connectivity index (χ2n) is 5.03. The van der Waals surface area contributed by atoms with Crippen LogP contribution in [0.15, 0.2) is 18.2 Å². The number of hydrogen-bond donors (Lipinski definition) is 1. The molecule has 3 rings (SSSR count). The SMILES string of the molecule is O=C(Cn1c(CCCl)nc2ccc(F)cc21)NC1CC1. The summed E-state index contributed by atoms with van der Waals surface area (Å²) in [6.45, 7) is 0.155. The molecule has 1 aromatic heterocycles. The predicted molar refractivity (Wildman–Crippen MR) is 75.3 cm³/mol. The van der Waals surface area contributed by atoms with Crippen LogP contribution in [0, 0.1) is 5.82 Å². The zero-order valence-corrected chi connectivity index (χ0v) is 11.7. The number of nitrogens with zero attached hydrogens (tertiary/aromatic N) is 2. The highest BCUT2D eigenvalue weighted by Crippen LogP contribution is 2.20. The van der Waals surface area contributed by atoms with Crippen LogP contribution in [0.4, 0.5) is 4.39 Å². The van der Waals surface area contributed by atoms with Crippen molar-refractivity contribution < 1.29 is 9.18 Å². The van der Waals surface area contributed by atoms with Crippen LogP contribution in [0.25, 0.3) is 11.0 Å². The van der Waals surface area contributed by atoms with Gasteiger partial charge in [0.15, 0.2) is 0 Å². The van der Waals surface area contributed by atoms with Gasteiger partial charge in [-0.25, -0.2) is 9.37 Å². The normalized spacial score (nSPS) is 14.7. The summed E-state index contributed by atoms with van der Waals surface area (Å²) in [4.78, 5) is 16.4. The van der Waals surface area contributed by atoms with Crippen molar-refractivity contribution >= 4 is 28.5 Å². The third-order valence-electron chi connectivity index (χ3n) is 3.35. The Balaban J connectivity index is 1.93. The van der Waals surface area contributed by atoms with Gasteiger partial charge in [-0.3, -0.25) is 4.79 Å². The molecule has 0 saturated heterocycles. The van der Waals surface area contributed by atoms with Crippen molar-refractivity contribution in [1.82, 2.24) is 14.9 Å². The number of benzene rings is 1. The molecule has 0 unspecified atom stereocenters. The largest absolute Gasteiger partial charge is 0.352 e. The van der Waals surface area contributed by atoms with Crippen LogP contribution in [0.5, 0.6) is 0 Å². The van der Waals surface area contributed by atoms with E-state index in [1.807, 2.05) is 0 Å². The topological polar surface area (TPSA) is 46.9 Å². The lowest BCUT2D eigenvalue weighted by Gasteiger charge is -2.09. The first kappa shape index (κ1) is 13.4. The van der Waals surface area contributed by atoms with Gasteiger partial charge in [-0.05, 0) is 31.0 Å². The Labute approximate surface area is 120 Å². The highest BCUT2D eigenvalue weighted by atomic mass is 35.5. The zero-order chi connectivity index (χ0) is 14.1. The molecule has 1 aromatic carbocycles. The molecule has 0 spiro atoms. The van der Waals surface area contributed by atoms with Gasteiger partial charge >= 0.3 is 0 Å². The molecule has 1 aliphatic carbocycles. The van der Waals surface area contributed by atoms with Gasteiger partial charge in [-0.15, -0.1) is 11.6 Å². The van der Waals surface area contributed by atoms with E-state index < -0.39 is 0 Å². The second kappa shape index (κ2) is 5.40. The Morgan fingerprint density at radius 1 is 1.50 bits per heavy atom. The first-order chi connectivity index (χ1) is 9.67. The van der Waals surface area contributed by atoms with Gasteiger partial charge in [-0.1, -0.05) is 0 Å². The predicted octanol–water partition coefficient (Wildman–Crippen LogP) is 2.24. The minimum atomic E-state index is -0.335. The lowest BCUT2D eigenvalue weighted by atomic mass is 10.3. The summed E-state index contributed by atoms with van der Waals surface area (Å²) in [6.07, 6.45) is 2.63. The lowest BCUT2D eigenvalue weighted by Crippen LogP contribution is -2.29. The fraction of sp³-hybridized carbons (Fsp3) is 0.429. The minimum absolute atomic E-state index is 0.0631. The number of aromatic nitrogens is 2. The molecule has 6 heteroatoms. The van der Waals surface area contributed by atoms with Crippen molar-refractivity contribution in [2.24, 2.45) is 0 Å². The molecular weight excluding hydrogens is 281 g/mol. The van der Waals surface area contributed by atoms with Crippen LogP contribution in [0.3, 0.4) is 0 Å². The van der Waals surface area contributed by atoms with Crippen LogP contribution >= 0.6 is 11.6 Å². The lowest BCUT2D eigenvalue weighted by molar-refractivity contribution is -0.121. The standard InChI is InChI=1S/C14H15ClFN3O/c15-6-5-13-18-11-4-1-9(16)7-12(11)19(13)8-14(20)17-10-2-3-10/h1,4,7,10H,2-3,5-6,8H2,(H,17,20). The van der Waals surface area contributed by atoms with Crippen molar-refractivity contribution in [3.05, 3.63) is 29.8 Å². The number of amides is 1. The molecule has 2 aromatic rings. The number of hydrogen-bond acceptors (Lipinski definition) is 2. The van der Waals surface area contributed by atoms with Gasteiger partial charge in [0, 0.05) is 18.3 Å². The zero-order valence-electron chi connectivity index (χ0n) is 10.9. The van der Waals surface area contributed by atoms with Crippen molar-refractivity contribution in [2.45, 2.75) is 31.8 Å². The van der Waals surface area contributed by atoms with Crippen molar-refractivity contribution in [1.29, 1.82) is 0 Å². The summed E-state index contributed by atoms with van der Waals surface area (Å²) in [6, 6.07) is 4.71. The monoisotopic (exact) mass is 295 g/mol. The van der Waals surface area contributed by atoms with Gasteiger partial charge in [0.2, 0.25) is 5.91 Å². The Kier molecular flexibility index (Phi) is 3.61. The van der Waals surface area contributed by atoms with Crippen LogP contribution in [-0.2, 0) is 17.8 Å². The number of alkyl halides is 1. The highest BCUT2D eigenvalue weighted by molar-refractivity contribution is 6.17. The van der Waals surface area contributed by atoms with E-state index in [1.54, 1.807) is 10.6 Å². The number of carbonyl (C=O) groups is 1. The third kappa shape index (κ3) is 2.77. The maximum Gasteiger partial charge on any atom is 0.240 e. The number of aryl methyl sites for hydroxylation is 1. The Bertz CT molecular complexity index is 651. The van der Waals surface area contributed by atoms with Crippen LogP contribution in [-0.4, -0.2) is 27.4 Å². The number of halogens is 2. The van der Waals surface area contributed by atoms with E-state index in [4.69, 9.17) is 11.6 Å². The average molecular weight is 296 g/mol. The van der Waals surface area contributed by atoms with E-state index in [1.165, 1.54) is 12.1 Å². The van der Waals surface area contributed by atoms with Crippen LogP contribution in [0.2, 0.25) is 0 Å². The van der Waals surface area contributed by atoms with E-state index in [0.717, 1.165) is 12.8 Å². The van der Waals surface area contributed by atoms with Gasteiger partial charge < -0.3 is 9.88 Å². The van der Waals surface area contributed by atoms with E-state index in [0.29, 0.717) is 35.2 Å². The van der Waals surface area contributed by atoms with E-state index >= 15 is 0 Å². The Hall–Kier alpha value is -1.62. The Morgan fingerprint density at radius 2 is 2.30 bits per heavy atom. The fourth-order valence-corrected chi connectivity index (χ4v) is 2.41. The number of carbonyl (C=O) groups excluding carboxylic acids is 1. The molecule has 1 heterocycles. The first-order valence-electron chi connectivity index (χ1n) is 6.67. The summed E-state index contributed by atoms with van der Waals surface area (Å²) >= 11 is 5.77. The van der Waals surface area contributed by atoms with Gasteiger partial charge in [0.1, 0.15) is 18.2 Å². The molecular formula is C14H15ClFN3O.